The van der Waals surface area contributed by atoms with E-state index in [-0.39, 0.29) is 36.4 Å². The summed E-state index contributed by atoms with van der Waals surface area (Å²) < 4.78 is 6.52. The van der Waals surface area contributed by atoms with Crippen LogP contribution in [0.4, 0.5) is 4.79 Å². The van der Waals surface area contributed by atoms with Crippen molar-refractivity contribution in [3.63, 3.8) is 0 Å². The predicted octanol–water partition coefficient (Wildman–Crippen LogP) is 8.62. The lowest BCUT2D eigenvalue weighted by atomic mass is 9.89. The number of phenolic OH excluding ortho intramolecular Hbond substituents is 1. The number of rotatable bonds is 6. The molecule has 4 aromatic rings. The third kappa shape index (κ3) is 6.85. The molecular weight excluding hydrogens is 594 g/mol. The first kappa shape index (κ1) is 31.4. The Balaban J connectivity index is 1.44. The van der Waals surface area contributed by atoms with Gasteiger partial charge in [-0.25, -0.2) is 4.79 Å². The van der Waals surface area contributed by atoms with Gasteiger partial charge >= 0.3 is 6.09 Å². The first-order valence-electron chi connectivity index (χ1n) is 14.7. The van der Waals surface area contributed by atoms with Crippen molar-refractivity contribution in [1.29, 1.82) is 5.26 Å². The van der Waals surface area contributed by atoms with Crippen LogP contribution in [0, 0.1) is 11.3 Å². The highest BCUT2D eigenvalue weighted by Crippen LogP contribution is 2.38. The zero-order valence-corrected chi connectivity index (χ0v) is 26.9. The van der Waals surface area contributed by atoms with Gasteiger partial charge in [0.1, 0.15) is 16.2 Å². The Labute approximate surface area is 267 Å². The van der Waals surface area contributed by atoms with E-state index in [1.165, 1.54) is 11.3 Å². The molecule has 1 saturated carbocycles. The number of carbonyl (C=O) groups is 2. The number of benzene rings is 3. The van der Waals surface area contributed by atoms with Crippen molar-refractivity contribution in [1.82, 2.24) is 9.80 Å². The van der Waals surface area contributed by atoms with E-state index in [1.807, 2.05) is 74.2 Å². The maximum Gasteiger partial charge on any atom is 0.410 e. The molecule has 0 bridgehead atoms. The van der Waals surface area contributed by atoms with Crippen molar-refractivity contribution in [2.75, 3.05) is 7.05 Å². The Morgan fingerprint density at radius 2 is 1.68 bits per heavy atom. The smallest absolute Gasteiger partial charge is 0.410 e. The molecule has 0 unspecified atom stereocenters. The molecule has 0 atom stereocenters. The molecule has 1 fully saturated rings. The molecular formula is C35H36ClN3O4S. The summed E-state index contributed by atoms with van der Waals surface area (Å²) in [6.07, 6.45) is 2.41. The highest BCUT2D eigenvalue weighted by molar-refractivity contribution is 7.21. The van der Waals surface area contributed by atoms with Crippen LogP contribution < -0.4 is 0 Å². The van der Waals surface area contributed by atoms with Gasteiger partial charge in [0, 0.05) is 41.3 Å². The summed E-state index contributed by atoms with van der Waals surface area (Å²) in [5.74, 6) is -0.0970. The van der Waals surface area contributed by atoms with Crippen LogP contribution in [0.2, 0.25) is 5.02 Å². The van der Waals surface area contributed by atoms with Crippen LogP contribution in [0.1, 0.15) is 67.3 Å². The molecule has 2 amide bonds. The van der Waals surface area contributed by atoms with Gasteiger partial charge in [0.2, 0.25) is 0 Å². The average Bonchev–Trinajstić information content (AvgIpc) is 3.35. The van der Waals surface area contributed by atoms with Crippen molar-refractivity contribution < 1.29 is 19.4 Å². The van der Waals surface area contributed by atoms with Crippen LogP contribution in [-0.4, -0.2) is 51.6 Å². The number of halogens is 1. The molecule has 1 N–H and O–H groups in total. The molecule has 0 aliphatic heterocycles. The largest absolute Gasteiger partial charge is 0.508 e. The van der Waals surface area contributed by atoms with Gasteiger partial charge in [-0.15, -0.1) is 11.3 Å². The van der Waals surface area contributed by atoms with Gasteiger partial charge in [-0.2, -0.15) is 5.26 Å². The molecule has 0 radical (unpaired) electrons. The number of nitriles is 1. The molecule has 44 heavy (non-hydrogen) atoms. The monoisotopic (exact) mass is 629 g/mol. The lowest BCUT2D eigenvalue weighted by molar-refractivity contribution is 0.0144. The highest BCUT2D eigenvalue weighted by atomic mass is 35.5. The average molecular weight is 630 g/mol. The van der Waals surface area contributed by atoms with Crippen LogP contribution in [0.3, 0.4) is 0 Å². The van der Waals surface area contributed by atoms with Gasteiger partial charge in [0.05, 0.1) is 16.7 Å². The van der Waals surface area contributed by atoms with Crippen molar-refractivity contribution in [2.24, 2.45) is 0 Å². The maximum absolute atomic E-state index is 14.3. The van der Waals surface area contributed by atoms with E-state index in [4.69, 9.17) is 16.3 Å². The number of carbonyl (C=O) groups excluding carboxylic acids is 2. The molecule has 1 aliphatic rings. The number of phenols is 1. The fourth-order valence-corrected chi connectivity index (χ4v) is 7.20. The van der Waals surface area contributed by atoms with E-state index in [2.05, 4.69) is 6.07 Å². The van der Waals surface area contributed by atoms with E-state index in [0.29, 0.717) is 46.7 Å². The third-order valence-corrected chi connectivity index (χ3v) is 9.73. The van der Waals surface area contributed by atoms with Crippen molar-refractivity contribution in [2.45, 2.75) is 70.7 Å². The Kier molecular flexibility index (Phi) is 9.19. The Hall–Kier alpha value is -4.06. The second kappa shape index (κ2) is 12.9. The topological polar surface area (TPSA) is 93.9 Å². The van der Waals surface area contributed by atoms with Crippen LogP contribution in [-0.2, 0) is 11.3 Å². The number of nitrogens with zero attached hydrogens (tertiary/aromatic N) is 3. The first-order chi connectivity index (χ1) is 20.9. The van der Waals surface area contributed by atoms with Gasteiger partial charge in [0.15, 0.2) is 0 Å². The van der Waals surface area contributed by atoms with E-state index in [9.17, 15) is 20.0 Å². The Bertz CT molecular complexity index is 1730. The number of ether oxygens (including phenoxy) is 1. The second-order valence-corrected chi connectivity index (χ2v) is 13.7. The minimum Gasteiger partial charge on any atom is -0.508 e. The van der Waals surface area contributed by atoms with Crippen LogP contribution in [0.25, 0.3) is 21.2 Å². The summed E-state index contributed by atoms with van der Waals surface area (Å²) in [5, 5.41) is 21.6. The van der Waals surface area contributed by atoms with Crippen molar-refractivity contribution in [3.8, 4) is 22.9 Å². The molecule has 228 valence electrons. The number of thiophene rings is 1. The number of hydrogen-bond acceptors (Lipinski definition) is 6. The number of fused-ring (bicyclic) bond motifs is 1. The van der Waals surface area contributed by atoms with Crippen molar-refractivity contribution >= 4 is 45.0 Å². The normalized spacial score (nSPS) is 16.7. The number of hydrogen-bond donors (Lipinski definition) is 1. The van der Waals surface area contributed by atoms with E-state index in [0.717, 1.165) is 21.2 Å². The van der Waals surface area contributed by atoms with Crippen LogP contribution in [0.15, 0.2) is 66.7 Å². The van der Waals surface area contributed by atoms with Crippen LogP contribution >= 0.6 is 22.9 Å². The summed E-state index contributed by atoms with van der Waals surface area (Å²) in [5.41, 5.74) is 2.25. The maximum atomic E-state index is 14.3. The minimum absolute atomic E-state index is 0.00453. The standard InChI is InChI=1S/C35H36ClN3O4S/c1-35(2,3)43-34(42)38(4)26-13-15-27(16-14-26)39(33(41)32-31(36)28-10-5-6-11-30(28)44-32)21-25-19-24(12-17-29(25)40)23-9-7-8-22(18-23)20-37/h5-12,17-19,26-27,40H,13-16,21H2,1-4H3. The molecule has 1 aromatic heterocycles. The SMILES string of the molecule is CN(C(=O)OC(C)(C)C)C1CCC(N(Cc2cc(-c3cccc(C#N)c3)ccc2O)C(=O)c2sc3ccccc3c2Cl)CC1. The Morgan fingerprint density at radius 3 is 2.36 bits per heavy atom. The predicted molar refractivity (Wildman–Crippen MR) is 175 cm³/mol. The fraction of sp³-hybridized carbons (Fsp3) is 0.343. The molecule has 1 heterocycles. The summed E-state index contributed by atoms with van der Waals surface area (Å²) in [6.45, 7) is 5.73. The fourth-order valence-electron chi connectivity index (χ4n) is 5.73. The molecule has 9 heteroatoms. The molecule has 0 saturated heterocycles. The van der Waals surface area contributed by atoms with E-state index >= 15 is 0 Å². The number of aromatic hydroxyl groups is 1. The zero-order chi connectivity index (χ0) is 31.6. The van der Waals surface area contributed by atoms with Gasteiger partial charge in [-0.05, 0) is 87.9 Å². The van der Waals surface area contributed by atoms with E-state index < -0.39 is 5.60 Å². The van der Waals surface area contributed by atoms with Gasteiger partial charge in [-0.1, -0.05) is 48.0 Å². The summed E-state index contributed by atoms with van der Waals surface area (Å²) in [4.78, 5) is 31.0. The van der Waals surface area contributed by atoms with Gasteiger partial charge in [-0.3, -0.25) is 4.79 Å². The third-order valence-electron chi connectivity index (χ3n) is 8.07. The summed E-state index contributed by atoms with van der Waals surface area (Å²) in [6, 6.07) is 22.3. The highest BCUT2D eigenvalue weighted by Gasteiger charge is 2.35. The zero-order valence-electron chi connectivity index (χ0n) is 25.3. The van der Waals surface area contributed by atoms with Crippen LogP contribution in [0.5, 0.6) is 5.75 Å². The first-order valence-corrected chi connectivity index (χ1v) is 15.9. The molecule has 3 aromatic carbocycles. The van der Waals surface area contributed by atoms with Crippen molar-refractivity contribution in [3.05, 3.63) is 87.8 Å². The summed E-state index contributed by atoms with van der Waals surface area (Å²) >= 11 is 8.16. The quantitative estimate of drug-likeness (QED) is 0.230. The second-order valence-electron chi connectivity index (χ2n) is 12.3. The number of amides is 2. The van der Waals surface area contributed by atoms with E-state index in [1.54, 1.807) is 30.1 Å². The lowest BCUT2D eigenvalue weighted by Gasteiger charge is -2.40. The summed E-state index contributed by atoms with van der Waals surface area (Å²) in [7, 11) is 1.77. The lowest BCUT2D eigenvalue weighted by Crippen LogP contribution is -2.47. The van der Waals surface area contributed by atoms with Gasteiger partial charge < -0.3 is 19.6 Å². The molecule has 5 rings (SSSR count). The molecule has 0 spiro atoms. The minimum atomic E-state index is -0.582. The Morgan fingerprint density at radius 1 is 1.00 bits per heavy atom. The molecule has 1 aliphatic carbocycles. The molecule has 7 nitrogen and oxygen atoms in total. The van der Waals surface area contributed by atoms with Gasteiger partial charge in [0.25, 0.3) is 5.91 Å².